The Morgan fingerprint density at radius 2 is 1.86 bits per heavy atom. The van der Waals surface area contributed by atoms with E-state index in [0.717, 1.165) is 6.07 Å². The van der Waals surface area contributed by atoms with Gasteiger partial charge in [0.05, 0.1) is 15.6 Å². The monoisotopic (exact) mass is 254 g/mol. The molecule has 1 rings (SSSR count). The van der Waals surface area contributed by atoms with Gasteiger partial charge in [-0.3, -0.25) is 9.35 Å². The van der Waals surface area contributed by atoms with Gasteiger partial charge >= 0.3 is 0 Å². The molecule has 0 saturated carbocycles. The molecule has 4 nitrogen and oxygen atoms in total. The normalized spacial score (nSPS) is 11.4. The van der Waals surface area contributed by atoms with E-state index in [1.807, 2.05) is 0 Å². The Hall–Kier alpha value is -0.620. The van der Waals surface area contributed by atoms with Crippen molar-refractivity contribution in [2.75, 3.05) is 0 Å². The first-order valence-corrected chi connectivity index (χ1v) is 5.48. The van der Waals surface area contributed by atoms with Crippen LogP contribution in [-0.4, -0.2) is 19.3 Å². The molecule has 0 atom stereocenters. The number of hydrogen-bond donors (Lipinski definition) is 1. The van der Waals surface area contributed by atoms with Crippen molar-refractivity contribution in [1.82, 2.24) is 0 Å². The molecule has 0 unspecified atom stereocenters. The Balaban J connectivity index is 3.60. The molecule has 14 heavy (non-hydrogen) atoms. The summed E-state index contributed by atoms with van der Waals surface area (Å²) < 4.78 is 30.2. The summed E-state index contributed by atoms with van der Waals surface area (Å²) >= 11 is 11.1. The van der Waals surface area contributed by atoms with Crippen molar-refractivity contribution in [1.29, 1.82) is 0 Å². The van der Waals surface area contributed by atoms with Gasteiger partial charge in [0.15, 0.2) is 6.29 Å². The fourth-order valence-corrected chi connectivity index (χ4v) is 2.19. The molecule has 76 valence electrons. The van der Waals surface area contributed by atoms with Crippen LogP contribution in [0.15, 0.2) is 17.0 Å². The minimum absolute atomic E-state index is 0.0254. The highest BCUT2D eigenvalue weighted by atomic mass is 35.5. The van der Waals surface area contributed by atoms with Gasteiger partial charge in [-0.15, -0.1) is 0 Å². The fraction of sp³-hybridized carbons (Fsp3) is 0. The first kappa shape index (κ1) is 11.5. The highest BCUT2D eigenvalue weighted by Crippen LogP contribution is 2.29. The molecule has 7 heteroatoms. The summed E-state index contributed by atoms with van der Waals surface area (Å²) in [6.07, 6.45) is 0.319. The molecule has 0 heterocycles. The Bertz CT molecular complexity index is 481. The van der Waals surface area contributed by atoms with E-state index < -0.39 is 15.0 Å². The van der Waals surface area contributed by atoms with Crippen LogP contribution in [-0.2, 0) is 10.1 Å². The van der Waals surface area contributed by atoms with Crippen LogP contribution in [0.4, 0.5) is 0 Å². The lowest BCUT2D eigenvalue weighted by Gasteiger charge is -2.03. The van der Waals surface area contributed by atoms with Crippen molar-refractivity contribution in [3.63, 3.8) is 0 Å². The van der Waals surface area contributed by atoms with E-state index in [1.54, 1.807) is 0 Å². The smallest absolute Gasteiger partial charge is 0.296 e. The predicted octanol–water partition coefficient (Wildman–Crippen LogP) is 2.05. The number of aldehydes is 1. The third-order valence-corrected chi connectivity index (χ3v) is 3.23. The molecule has 0 saturated heterocycles. The Labute approximate surface area is 90.2 Å². The van der Waals surface area contributed by atoms with Gasteiger partial charge in [0, 0.05) is 0 Å². The van der Waals surface area contributed by atoms with Gasteiger partial charge in [-0.1, -0.05) is 23.2 Å². The maximum Gasteiger partial charge on any atom is 0.296 e. The zero-order chi connectivity index (χ0) is 10.9. The first-order valence-electron chi connectivity index (χ1n) is 3.28. The van der Waals surface area contributed by atoms with Gasteiger partial charge in [0.25, 0.3) is 10.1 Å². The highest BCUT2D eigenvalue weighted by Gasteiger charge is 2.18. The summed E-state index contributed by atoms with van der Waals surface area (Å²) in [6, 6.07) is 2.19. The van der Waals surface area contributed by atoms with Crippen LogP contribution in [0.25, 0.3) is 0 Å². The lowest BCUT2D eigenvalue weighted by atomic mass is 10.2. The third kappa shape index (κ3) is 2.06. The van der Waals surface area contributed by atoms with Crippen molar-refractivity contribution in [2.24, 2.45) is 0 Å². The molecule has 0 spiro atoms. The molecule has 0 aromatic heterocycles. The number of carbonyl (C=O) groups is 1. The van der Waals surface area contributed by atoms with E-state index >= 15 is 0 Å². The highest BCUT2D eigenvalue weighted by molar-refractivity contribution is 7.86. The molecule has 0 aliphatic heterocycles. The summed E-state index contributed by atoms with van der Waals surface area (Å²) in [5.41, 5.74) is -0.163. The zero-order valence-electron chi connectivity index (χ0n) is 6.57. The number of carbonyl (C=O) groups excluding carboxylic acids is 1. The van der Waals surface area contributed by atoms with Gasteiger partial charge < -0.3 is 0 Å². The number of benzene rings is 1. The van der Waals surface area contributed by atoms with Gasteiger partial charge in [-0.25, -0.2) is 0 Å². The Morgan fingerprint density at radius 3 is 2.29 bits per heavy atom. The van der Waals surface area contributed by atoms with E-state index in [-0.39, 0.29) is 15.6 Å². The largest absolute Gasteiger partial charge is 0.298 e. The van der Waals surface area contributed by atoms with Gasteiger partial charge in [-0.2, -0.15) is 8.42 Å². The maximum absolute atomic E-state index is 10.7. The first-order chi connectivity index (χ1) is 6.38. The number of halogens is 2. The second-order valence-corrected chi connectivity index (χ2v) is 4.54. The molecule has 0 fully saturated rings. The average Bonchev–Trinajstić information content (AvgIpc) is 2.02. The predicted molar refractivity (Wildman–Crippen MR) is 51.7 cm³/mol. The molecule has 0 radical (unpaired) electrons. The summed E-state index contributed by atoms with van der Waals surface area (Å²) in [5, 5.41) is -0.354. The summed E-state index contributed by atoms with van der Waals surface area (Å²) in [5.74, 6) is 0. The van der Waals surface area contributed by atoms with Crippen LogP contribution in [0.2, 0.25) is 10.0 Å². The molecule has 1 aromatic rings. The van der Waals surface area contributed by atoms with Crippen LogP contribution in [0, 0.1) is 0 Å². The molecular weight excluding hydrogens is 251 g/mol. The van der Waals surface area contributed by atoms with Crippen molar-refractivity contribution in [2.45, 2.75) is 4.90 Å². The number of rotatable bonds is 2. The Morgan fingerprint density at radius 1 is 1.29 bits per heavy atom. The second-order valence-electron chi connectivity index (χ2n) is 2.37. The van der Waals surface area contributed by atoms with E-state index in [1.165, 1.54) is 6.07 Å². The van der Waals surface area contributed by atoms with E-state index in [4.69, 9.17) is 27.8 Å². The SMILES string of the molecule is O=Cc1c(Cl)ccc(S(=O)(=O)O)c1Cl. The van der Waals surface area contributed by atoms with Crippen LogP contribution >= 0.6 is 23.2 Å². The van der Waals surface area contributed by atoms with E-state index in [9.17, 15) is 13.2 Å². The molecular formula is C7H4Cl2O4S. The third-order valence-electron chi connectivity index (χ3n) is 1.49. The van der Waals surface area contributed by atoms with Crippen molar-refractivity contribution in [3.05, 3.63) is 27.7 Å². The fourth-order valence-electron chi connectivity index (χ4n) is 0.857. The quantitative estimate of drug-likeness (QED) is 0.648. The van der Waals surface area contributed by atoms with E-state index in [2.05, 4.69) is 0 Å². The minimum atomic E-state index is -4.43. The maximum atomic E-state index is 10.7. The van der Waals surface area contributed by atoms with Gasteiger partial charge in [-0.05, 0) is 12.1 Å². The molecule has 1 N–H and O–H groups in total. The standard InChI is InChI=1S/C7H4Cl2O4S/c8-5-1-2-6(14(11,12)13)7(9)4(5)3-10/h1-3H,(H,11,12,13). The molecule has 0 aliphatic carbocycles. The molecule has 1 aromatic carbocycles. The second kappa shape index (κ2) is 3.86. The molecule has 0 bridgehead atoms. The Kier molecular flexibility index (Phi) is 3.16. The van der Waals surface area contributed by atoms with Crippen LogP contribution in [0.3, 0.4) is 0 Å². The van der Waals surface area contributed by atoms with Gasteiger partial charge in [0.1, 0.15) is 4.90 Å². The minimum Gasteiger partial charge on any atom is -0.298 e. The van der Waals surface area contributed by atoms with Gasteiger partial charge in [0.2, 0.25) is 0 Å². The zero-order valence-corrected chi connectivity index (χ0v) is 8.90. The lowest BCUT2D eigenvalue weighted by Crippen LogP contribution is -2.01. The van der Waals surface area contributed by atoms with Crippen molar-refractivity contribution in [3.8, 4) is 0 Å². The molecule has 0 amide bonds. The topological polar surface area (TPSA) is 71.4 Å². The molecule has 0 aliphatic rings. The van der Waals surface area contributed by atoms with Crippen LogP contribution in [0.1, 0.15) is 10.4 Å². The van der Waals surface area contributed by atoms with Crippen LogP contribution in [0.5, 0.6) is 0 Å². The summed E-state index contributed by atoms with van der Waals surface area (Å²) in [4.78, 5) is 9.95. The average molecular weight is 255 g/mol. The van der Waals surface area contributed by atoms with Crippen LogP contribution < -0.4 is 0 Å². The lowest BCUT2D eigenvalue weighted by molar-refractivity contribution is 0.112. The van der Waals surface area contributed by atoms with Crippen molar-refractivity contribution < 1.29 is 17.8 Å². The summed E-state index contributed by atoms with van der Waals surface area (Å²) in [6.45, 7) is 0. The summed E-state index contributed by atoms with van der Waals surface area (Å²) in [7, 11) is -4.43. The van der Waals surface area contributed by atoms with E-state index in [0.29, 0.717) is 6.29 Å². The van der Waals surface area contributed by atoms with Crippen molar-refractivity contribution >= 4 is 39.6 Å². The number of hydrogen-bond acceptors (Lipinski definition) is 3.